The predicted molar refractivity (Wildman–Crippen MR) is 93.0 cm³/mol. The number of rotatable bonds is 14. The fourth-order valence-electron chi connectivity index (χ4n) is 1.79. The van der Waals surface area contributed by atoms with Gasteiger partial charge in [0.15, 0.2) is 0 Å². The quantitative estimate of drug-likeness (QED) is 0.196. The van der Waals surface area contributed by atoms with Crippen molar-refractivity contribution in [1.29, 1.82) is 0 Å². The van der Waals surface area contributed by atoms with Gasteiger partial charge in [-0.05, 0) is 12.8 Å². The maximum atomic E-state index is 11.2. The van der Waals surface area contributed by atoms with Gasteiger partial charge in [-0.2, -0.15) is 0 Å². The number of unbranched alkanes of at least 4 members (excludes halogenated alkanes) is 2. The number of aliphatic hydroxyl groups is 3. The van der Waals surface area contributed by atoms with Gasteiger partial charge in [0.2, 0.25) is 0 Å². The second kappa shape index (κ2) is 19.1. The first-order valence-corrected chi connectivity index (χ1v) is 8.61. The fourth-order valence-corrected chi connectivity index (χ4v) is 1.79. The molecule has 0 saturated heterocycles. The minimum atomic E-state index is -0.954. The highest BCUT2D eigenvalue weighted by Gasteiger charge is 2.15. The molecule has 0 bridgehead atoms. The summed E-state index contributed by atoms with van der Waals surface area (Å²) in [6.45, 7) is 4.18. The number of nitrogens with zero attached hydrogens (tertiary/aromatic N) is 1. The number of hydrogen-bond acceptors (Lipinski definition) is 8. The Bertz CT molecular complexity index is 315. The van der Waals surface area contributed by atoms with Crippen LogP contribution in [0.2, 0.25) is 0 Å². The second-order valence-corrected chi connectivity index (χ2v) is 5.43. The first-order chi connectivity index (χ1) is 11.9. The van der Waals surface area contributed by atoms with Crippen molar-refractivity contribution in [2.24, 2.45) is 5.73 Å². The molecule has 9 nitrogen and oxygen atoms in total. The zero-order valence-electron chi connectivity index (χ0n) is 15.1. The first-order valence-electron chi connectivity index (χ1n) is 8.61. The summed E-state index contributed by atoms with van der Waals surface area (Å²) < 4.78 is 4.88. The van der Waals surface area contributed by atoms with Crippen molar-refractivity contribution in [2.45, 2.75) is 45.1 Å². The summed E-state index contributed by atoms with van der Waals surface area (Å²) in [4.78, 5) is 23.2. The van der Waals surface area contributed by atoms with Crippen molar-refractivity contribution in [1.82, 2.24) is 4.90 Å². The van der Waals surface area contributed by atoms with Crippen LogP contribution in [-0.4, -0.2) is 89.4 Å². The van der Waals surface area contributed by atoms with Crippen LogP contribution in [0.1, 0.15) is 39.0 Å². The highest BCUT2D eigenvalue weighted by atomic mass is 16.5. The van der Waals surface area contributed by atoms with Gasteiger partial charge in [0.05, 0.1) is 26.4 Å². The van der Waals surface area contributed by atoms with Gasteiger partial charge >= 0.3 is 11.9 Å². The normalized spacial score (nSPS) is 11.6. The number of carboxylic acids is 1. The van der Waals surface area contributed by atoms with Crippen LogP contribution in [0.25, 0.3) is 0 Å². The number of carbonyl (C=O) groups excluding carboxylic acids is 1. The van der Waals surface area contributed by atoms with Gasteiger partial charge in [0.1, 0.15) is 6.04 Å². The van der Waals surface area contributed by atoms with Crippen molar-refractivity contribution < 1.29 is 34.8 Å². The molecular formula is C16H34N2O7. The summed E-state index contributed by atoms with van der Waals surface area (Å²) in [5, 5.41) is 33.8. The van der Waals surface area contributed by atoms with Crippen molar-refractivity contribution in [3.05, 3.63) is 0 Å². The number of aliphatic carboxylic acids is 1. The maximum Gasteiger partial charge on any atom is 0.322 e. The number of ether oxygens (including phenoxy) is 1. The minimum Gasteiger partial charge on any atom is -0.481 e. The van der Waals surface area contributed by atoms with Gasteiger partial charge < -0.3 is 30.9 Å². The van der Waals surface area contributed by atoms with Crippen LogP contribution in [0.5, 0.6) is 0 Å². The summed E-state index contributed by atoms with van der Waals surface area (Å²) in [6, 6.07) is -0.817. The molecule has 25 heavy (non-hydrogen) atoms. The van der Waals surface area contributed by atoms with Crippen molar-refractivity contribution >= 4 is 11.9 Å². The molecule has 0 spiro atoms. The number of aliphatic hydroxyl groups excluding tert-OH is 3. The van der Waals surface area contributed by atoms with E-state index in [0.717, 1.165) is 19.3 Å². The molecular weight excluding hydrogens is 332 g/mol. The summed E-state index contributed by atoms with van der Waals surface area (Å²) >= 11 is 0. The van der Waals surface area contributed by atoms with Crippen LogP contribution in [0.4, 0.5) is 0 Å². The third-order valence-corrected chi connectivity index (χ3v) is 3.21. The monoisotopic (exact) mass is 366 g/mol. The molecule has 0 heterocycles. The molecule has 0 rings (SSSR count). The molecule has 150 valence electrons. The van der Waals surface area contributed by atoms with Gasteiger partial charge in [-0.1, -0.05) is 19.8 Å². The van der Waals surface area contributed by atoms with E-state index in [2.05, 4.69) is 6.92 Å². The molecule has 0 aliphatic carbocycles. The molecule has 0 fully saturated rings. The average Bonchev–Trinajstić information content (AvgIpc) is 2.57. The van der Waals surface area contributed by atoms with Crippen molar-refractivity contribution in [3.8, 4) is 0 Å². The van der Waals surface area contributed by atoms with E-state index in [1.165, 1.54) is 0 Å². The lowest BCUT2D eigenvalue weighted by molar-refractivity contribution is -0.145. The minimum absolute atomic E-state index is 0.0694. The van der Waals surface area contributed by atoms with Crippen LogP contribution in [0.3, 0.4) is 0 Å². The largest absolute Gasteiger partial charge is 0.481 e. The molecule has 0 aliphatic rings. The van der Waals surface area contributed by atoms with Crippen LogP contribution >= 0.6 is 0 Å². The molecule has 1 atom stereocenters. The summed E-state index contributed by atoms with van der Waals surface area (Å²) in [5.41, 5.74) is 5.44. The lowest BCUT2D eigenvalue weighted by atomic mass is 10.2. The molecule has 9 heteroatoms. The Hall–Kier alpha value is -1.26. The number of nitrogens with two attached hydrogens (primary N) is 1. The average molecular weight is 366 g/mol. The Labute approximate surface area is 149 Å². The lowest BCUT2D eigenvalue weighted by Crippen LogP contribution is -2.33. The van der Waals surface area contributed by atoms with Crippen molar-refractivity contribution in [2.75, 3.05) is 46.1 Å². The predicted octanol–water partition coefficient (Wildman–Crippen LogP) is -0.823. The second-order valence-electron chi connectivity index (χ2n) is 5.43. The summed E-state index contributed by atoms with van der Waals surface area (Å²) in [7, 11) is 0. The first kappa shape index (κ1) is 26.0. The van der Waals surface area contributed by atoms with E-state index in [1.807, 2.05) is 0 Å². The SMILES string of the molecule is CCCCCOC(=O)C(N)CCC(=O)O.OCCN(CCO)CCO. The van der Waals surface area contributed by atoms with Gasteiger partial charge in [0, 0.05) is 26.1 Å². The van der Waals surface area contributed by atoms with E-state index >= 15 is 0 Å². The Kier molecular flexibility index (Phi) is 19.8. The Morgan fingerprint density at radius 3 is 1.96 bits per heavy atom. The zero-order valence-corrected chi connectivity index (χ0v) is 15.1. The number of carboxylic acid groups (broad SMARTS) is 1. The molecule has 0 saturated carbocycles. The zero-order chi connectivity index (χ0) is 19.5. The number of carbonyl (C=O) groups is 2. The molecule has 6 N–H and O–H groups in total. The van der Waals surface area contributed by atoms with E-state index in [0.29, 0.717) is 26.2 Å². The van der Waals surface area contributed by atoms with Gasteiger partial charge in [-0.25, -0.2) is 0 Å². The van der Waals surface area contributed by atoms with Crippen LogP contribution in [0, 0.1) is 0 Å². The van der Waals surface area contributed by atoms with E-state index < -0.39 is 18.0 Å². The third kappa shape index (κ3) is 18.9. The molecule has 0 aromatic heterocycles. The van der Waals surface area contributed by atoms with Gasteiger partial charge in [-0.15, -0.1) is 0 Å². The molecule has 0 aromatic rings. The molecule has 0 aromatic carbocycles. The van der Waals surface area contributed by atoms with Crippen molar-refractivity contribution in [3.63, 3.8) is 0 Å². The van der Waals surface area contributed by atoms with Crippen LogP contribution in [0.15, 0.2) is 0 Å². The fraction of sp³-hybridized carbons (Fsp3) is 0.875. The standard InChI is InChI=1S/C10H19NO4.C6H15NO3/c1-2-3-4-7-15-10(14)8(11)5-6-9(12)13;8-4-1-7(2-5-9)3-6-10/h8H,2-7,11H2,1H3,(H,12,13);8-10H,1-6H2. The van der Waals surface area contributed by atoms with E-state index in [4.69, 9.17) is 30.9 Å². The summed E-state index contributed by atoms with van der Waals surface area (Å²) in [5.74, 6) is -1.46. The van der Waals surface area contributed by atoms with Crippen LogP contribution < -0.4 is 5.73 Å². The molecule has 0 aliphatic heterocycles. The smallest absolute Gasteiger partial charge is 0.322 e. The van der Waals surface area contributed by atoms with Gasteiger partial charge in [-0.3, -0.25) is 14.5 Å². The molecule has 1 unspecified atom stereocenters. The molecule has 0 radical (unpaired) electrons. The summed E-state index contributed by atoms with van der Waals surface area (Å²) in [6.07, 6.45) is 2.92. The Morgan fingerprint density at radius 1 is 1.04 bits per heavy atom. The van der Waals surface area contributed by atoms with Crippen LogP contribution in [-0.2, 0) is 14.3 Å². The van der Waals surface area contributed by atoms with Gasteiger partial charge in [0.25, 0.3) is 0 Å². The maximum absolute atomic E-state index is 11.2. The third-order valence-electron chi connectivity index (χ3n) is 3.21. The van der Waals surface area contributed by atoms with E-state index in [-0.39, 0.29) is 32.7 Å². The number of esters is 1. The molecule has 0 amide bonds. The van der Waals surface area contributed by atoms with E-state index in [1.54, 1.807) is 4.90 Å². The van der Waals surface area contributed by atoms with E-state index in [9.17, 15) is 9.59 Å². The highest BCUT2D eigenvalue weighted by molar-refractivity contribution is 5.76. The topological polar surface area (TPSA) is 154 Å². The lowest BCUT2D eigenvalue weighted by Gasteiger charge is -2.17. The number of hydrogen-bond donors (Lipinski definition) is 5. The Balaban J connectivity index is 0. The highest BCUT2D eigenvalue weighted by Crippen LogP contribution is 2.00. The Morgan fingerprint density at radius 2 is 1.56 bits per heavy atom.